The summed E-state index contributed by atoms with van der Waals surface area (Å²) < 4.78 is 0. The molecule has 19 heavy (non-hydrogen) atoms. The summed E-state index contributed by atoms with van der Waals surface area (Å²) in [6.45, 7) is 6.39. The van der Waals surface area contributed by atoms with Crippen LogP contribution in [0.25, 0.3) is 0 Å². The molecule has 0 spiro atoms. The van der Waals surface area contributed by atoms with Crippen molar-refractivity contribution in [3.8, 4) is 0 Å². The highest BCUT2D eigenvalue weighted by atomic mass is 32.1. The average Bonchev–Trinajstić information content (AvgIpc) is 2.88. The molecule has 2 rings (SSSR count). The number of thiophene rings is 1. The first-order valence-corrected chi connectivity index (χ1v) is 7.11. The Labute approximate surface area is 117 Å². The van der Waals surface area contributed by atoms with E-state index in [9.17, 15) is 4.79 Å². The molecule has 0 aliphatic heterocycles. The second-order valence-electron chi connectivity index (χ2n) is 5.52. The Bertz CT molecular complexity index is 529. The highest BCUT2D eigenvalue weighted by molar-refractivity contribution is 7.10. The van der Waals surface area contributed by atoms with Crippen molar-refractivity contribution in [3.05, 3.63) is 52.5 Å². The molecule has 0 saturated heterocycles. The second-order valence-corrected chi connectivity index (χ2v) is 6.50. The van der Waals surface area contributed by atoms with Gasteiger partial charge < -0.3 is 5.32 Å². The van der Waals surface area contributed by atoms with Crippen molar-refractivity contribution in [2.24, 2.45) is 5.41 Å². The van der Waals surface area contributed by atoms with Crippen LogP contribution < -0.4 is 5.32 Å². The van der Waals surface area contributed by atoms with Gasteiger partial charge in [-0.2, -0.15) is 0 Å². The fourth-order valence-corrected chi connectivity index (χ4v) is 2.91. The first-order valence-electron chi connectivity index (χ1n) is 6.23. The third-order valence-electron chi connectivity index (χ3n) is 2.91. The van der Waals surface area contributed by atoms with Crippen LogP contribution in [0.15, 0.2) is 42.0 Å². The number of amides is 1. The van der Waals surface area contributed by atoms with Gasteiger partial charge in [-0.05, 0) is 29.0 Å². The van der Waals surface area contributed by atoms with Crippen LogP contribution in [0.1, 0.15) is 42.0 Å². The molecule has 4 heteroatoms. The molecule has 1 amide bonds. The first-order chi connectivity index (χ1) is 8.98. The van der Waals surface area contributed by atoms with E-state index in [2.05, 4.69) is 37.1 Å². The van der Waals surface area contributed by atoms with Gasteiger partial charge in [0.25, 0.3) is 5.91 Å². The van der Waals surface area contributed by atoms with Gasteiger partial charge in [-0.25, -0.2) is 0 Å². The molecule has 2 heterocycles. The van der Waals surface area contributed by atoms with Crippen molar-refractivity contribution < 1.29 is 4.79 Å². The number of hydrogen-bond acceptors (Lipinski definition) is 3. The van der Waals surface area contributed by atoms with Gasteiger partial charge in [-0.1, -0.05) is 26.8 Å². The zero-order valence-corrected chi connectivity index (χ0v) is 12.2. The molecule has 100 valence electrons. The van der Waals surface area contributed by atoms with E-state index in [-0.39, 0.29) is 17.4 Å². The van der Waals surface area contributed by atoms with Gasteiger partial charge in [-0.15, -0.1) is 11.3 Å². The van der Waals surface area contributed by atoms with Crippen molar-refractivity contribution >= 4 is 17.2 Å². The minimum atomic E-state index is -0.0595. The van der Waals surface area contributed by atoms with E-state index < -0.39 is 0 Å². The summed E-state index contributed by atoms with van der Waals surface area (Å²) in [6, 6.07) is 7.53. The number of carbonyl (C=O) groups excluding carboxylic acids is 1. The highest BCUT2D eigenvalue weighted by Crippen LogP contribution is 2.35. The number of nitrogens with one attached hydrogen (secondary N) is 1. The van der Waals surface area contributed by atoms with E-state index in [1.807, 2.05) is 11.4 Å². The van der Waals surface area contributed by atoms with E-state index in [0.717, 1.165) is 0 Å². The molecule has 0 bridgehead atoms. The Hall–Kier alpha value is -1.68. The van der Waals surface area contributed by atoms with Crippen LogP contribution in [-0.4, -0.2) is 10.9 Å². The molecule has 1 atom stereocenters. The van der Waals surface area contributed by atoms with Crippen molar-refractivity contribution in [3.63, 3.8) is 0 Å². The van der Waals surface area contributed by atoms with Crippen molar-refractivity contribution in [2.75, 3.05) is 0 Å². The fourth-order valence-electron chi connectivity index (χ4n) is 1.89. The highest BCUT2D eigenvalue weighted by Gasteiger charge is 2.28. The summed E-state index contributed by atoms with van der Waals surface area (Å²) in [5.41, 5.74) is 0.605. The minimum Gasteiger partial charge on any atom is -0.344 e. The first kappa shape index (κ1) is 13.7. The molecule has 0 unspecified atom stereocenters. The second kappa shape index (κ2) is 5.53. The zero-order chi connectivity index (χ0) is 13.9. The topological polar surface area (TPSA) is 42.0 Å². The number of hydrogen-bond donors (Lipinski definition) is 1. The molecule has 0 radical (unpaired) electrons. The molecule has 0 aliphatic rings. The maximum Gasteiger partial charge on any atom is 0.251 e. The average molecular weight is 274 g/mol. The quantitative estimate of drug-likeness (QED) is 0.928. The molecule has 0 aliphatic carbocycles. The summed E-state index contributed by atoms with van der Waals surface area (Å²) in [5, 5.41) is 5.15. The summed E-state index contributed by atoms with van der Waals surface area (Å²) >= 11 is 1.67. The van der Waals surface area contributed by atoms with E-state index in [0.29, 0.717) is 5.56 Å². The predicted octanol–water partition coefficient (Wildman–Crippen LogP) is 3.66. The standard InChI is InChI=1S/C15H18N2OS/c1-15(2,3)13(12-5-4-10-19-12)17-14(18)11-6-8-16-9-7-11/h4-10,13H,1-3H3,(H,17,18)/t13-/m1/s1. The van der Waals surface area contributed by atoms with Gasteiger partial charge in [0, 0.05) is 22.8 Å². The lowest BCUT2D eigenvalue weighted by Crippen LogP contribution is -2.36. The SMILES string of the molecule is CC(C)(C)[C@H](NC(=O)c1ccncc1)c1cccs1. The number of carbonyl (C=O) groups is 1. The lowest BCUT2D eigenvalue weighted by Gasteiger charge is -2.30. The Kier molecular flexibility index (Phi) is 4.00. The number of nitrogens with zero attached hydrogens (tertiary/aromatic N) is 1. The maximum atomic E-state index is 12.3. The maximum absolute atomic E-state index is 12.3. The van der Waals surface area contributed by atoms with Gasteiger partial charge in [0.05, 0.1) is 6.04 Å². The Morgan fingerprint density at radius 1 is 1.26 bits per heavy atom. The Morgan fingerprint density at radius 3 is 2.47 bits per heavy atom. The largest absolute Gasteiger partial charge is 0.344 e. The number of rotatable bonds is 3. The van der Waals surface area contributed by atoms with Gasteiger partial charge in [0.15, 0.2) is 0 Å². The molecular formula is C15H18N2OS. The zero-order valence-electron chi connectivity index (χ0n) is 11.4. The predicted molar refractivity (Wildman–Crippen MR) is 78.2 cm³/mol. The number of pyridine rings is 1. The van der Waals surface area contributed by atoms with Gasteiger partial charge in [-0.3, -0.25) is 9.78 Å². The van der Waals surface area contributed by atoms with E-state index in [4.69, 9.17) is 0 Å². The van der Waals surface area contributed by atoms with E-state index in [1.165, 1.54) is 4.88 Å². The third kappa shape index (κ3) is 3.41. The monoisotopic (exact) mass is 274 g/mol. The van der Waals surface area contributed by atoms with Crippen molar-refractivity contribution in [2.45, 2.75) is 26.8 Å². The summed E-state index contributed by atoms with van der Waals surface area (Å²) in [7, 11) is 0. The van der Waals surface area contributed by atoms with Crippen LogP contribution in [0.3, 0.4) is 0 Å². The molecule has 3 nitrogen and oxygen atoms in total. The Balaban J connectivity index is 2.21. The van der Waals surface area contributed by atoms with Gasteiger partial charge in [0.1, 0.15) is 0 Å². The van der Waals surface area contributed by atoms with Crippen LogP contribution in [0.5, 0.6) is 0 Å². The van der Waals surface area contributed by atoms with E-state index >= 15 is 0 Å². The normalized spacial score (nSPS) is 13.0. The summed E-state index contributed by atoms with van der Waals surface area (Å²) in [5.74, 6) is -0.0595. The van der Waals surface area contributed by atoms with Gasteiger partial charge >= 0.3 is 0 Å². The molecule has 0 saturated carbocycles. The summed E-state index contributed by atoms with van der Waals surface area (Å²) in [6.07, 6.45) is 3.26. The smallest absolute Gasteiger partial charge is 0.251 e. The van der Waals surface area contributed by atoms with Crippen LogP contribution in [0, 0.1) is 5.41 Å². The lowest BCUT2D eigenvalue weighted by molar-refractivity contribution is 0.0903. The van der Waals surface area contributed by atoms with Crippen LogP contribution in [-0.2, 0) is 0 Å². The fraction of sp³-hybridized carbons (Fsp3) is 0.333. The van der Waals surface area contributed by atoms with E-state index in [1.54, 1.807) is 35.9 Å². The molecular weight excluding hydrogens is 256 g/mol. The molecule has 2 aromatic rings. The third-order valence-corrected chi connectivity index (χ3v) is 3.85. The Morgan fingerprint density at radius 2 is 1.95 bits per heavy atom. The van der Waals surface area contributed by atoms with Crippen molar-refractivity contribution in [1.29, 1.82) is 0 Å². The molecule has 0 aromatic carbocycles. The van der Waals surface area contributed by atoms with Crippen LogP contribution in [0.4, 0.5) is 0 Å². The van der Waals surface area contributed by atoms with Gasteiger partial charge in [0.2, 0.25) is 0 Å². The molecule has 2 aromatic heterocycles. The molecule has 1 N–H and O–H groups in total. The van der Waals surface area contributed by atoms with Crippen molar-refractivity contribution in [1.82, 2.24) is 10.3 Å². The van der Waals surface area contributed by atoms with Crippen LogP contribution >= 0.6 is 11.3 Å². The number of aromatic nitrogens is 1. The minimum absolute atomic E-state index is 0.00756. The summed E-state index contributed by atoms with van der Waals surface area (Å²) in [4.78, 5) is 17.4. The lowest BCUT2D eigenvalue weighted by atomic mass is 9.85. The molecule has 0 fully saturated rings. The van der Waals surface area contributed by atoms with Crippen LogP contribution in [0.2, 0.25) is 0 Å².